The maximum atomic E-state index is 11.9. The van der Waals surface area contributed by atoms with Crippen molar-refractivity contribution < 1.29 is 14.7 Å². The van der Waals surface area contributed by atoms with Crippen molar-refractivity contribution in [3.8, 4) is 0 Å². The second-order valence-electron chi connectivity index (χ2n) is 5.85. The van der Waals surface area contributed by atoms with Gasteiger partial charge in [0.15, 0.2) is 5.78 Å². The van der Waals surface area contributed by atoms with Crippen LogP contribution in [-0.2, 0) is 0 Å². The Balaban J connectivity index is 1.91. The number of ketones is 1. The Morgan fingerprint density at radius 2 is 1.88 bits per heavy atom. The second-order valence-corrected chi connectivity index (χ2v) is 5.85. The Kier molecular flexibility index (Phi) is 5.71. The number of urea groups is 1. The minimum absolute atomic E-state index is 0.00946. The van der Waals surface area contributed by atoms with Gasteiger partial charge >= 0.3 is 6.03 Å². The Morgan fingerprint density at radius 1 is 1.12 bits per heavy atom. The quantitative estimate of drug-likeness (QED) is 0.737. The monoisotopic (exact) mass is 326 g/mol. The first-order valence-corrected chi connectivity index (χ1v) is 7.78. The van der Waals surface area contributed by atoms with Gasteiger partial charge in [-0.05, 0) is 50.1 Å². The van der Waals surface area contributed by atoms with Gasteiger partial charge in [-0.3, -0.25) is 4.79 Å². The number of anilines is 1. The van der Waals surface area contributed by atoms with Crippen molar-refractivity contribution in [2.75, 3.05) is 11.9 Å². The van der Waals surface area contributed by atoms with Crippen molar-refractivity contribution >= 4 is 17.5 Å². The van der Waals surface area contributed by atoms with E-state index in [0.29, 0.717) is 11.3 Å². The van der Waals surface area contributed by atoms with Crippen LogP contribution in [0, 0.1) is 13.8 Å². The first-order valence-electron chi connectivity index (χ1n) is 7.78. The van der Waals surface area contributed by atoms with Gasteiger partial charge in [0.05, 0.1) is 6.10 Å². The highest BCUT2D eigenvalue weighted by molar-refractivity contribution is 5.96. The summed E-state index contributed by atoms with van der Waals surface area (Å²) in [5.41, 5.74) is 3.85. The summed E-state index contributed by atoms with van der Waals surface area (Å²) in [6.45, 7) is 5.39. The maximum absolute atomic E-state index is 11.9. The third-order valence-corrected chi connectivity index (χ3v) is 3.75. The van der Waals surface area contributed by atoms with Gasteiger partial charge in [-0.25, -0.2) is 4.79 Å². The molecule has 0 saturated heterocycles. The minimum Gasteiger partial charge on any atom is -0.387 e. The van der Waals surface area contributed by atoms with E-state index in [0.717, 1.165) is 16.7 Å². The molecule has 24 heavy (non-hydrogen) atoms. The largest absolute Gasteiger partial charge is 0.387 e. The molecule has 2 amide bonds. The van der Waals surface area contributed by atoms with Crippen molar-refractivity contribution in [1.29, 1.82) is 0 Å². The second kappa shape index (κ2) is 7.75. The molecule has 5 heteroatoms. The van der Waals surface area contributed by atoms with Gasteiger partial charge in [0, 0.05) is 17.8 Å². The van der Waals surface area contributed by atoms with Crippen LogP contribution in [-0.4, -0.2) is 23.5 Å². The van der Waals surface area contributed by atoms with E-state index in [2.05, 4.69) is 10.6 Å². The molecule has 1 atom stereocenters. The van der Waals surface area contributed by atoms with Crippen molar-refractivity contribution in [3.05, 3.63) is 64.7 Å². The lowest BCUT2D eigenvalue weighted by Crippen LogP contribution is -2.32. The molecule has 1 unspecified atom stereocenters. The van der Waals surface area contributed by atoms with Crippen LogP contribution in [0.5, 0.6) is 0 Å². The molecular weight excluding hydrogens is 304 g/mol. The van der Waals surface area contributed by atoms with Gasteiger partial charge in [0.1, 0.15) is 0 Å². The van der Waals surface area contributed by atoms with Gasteiger partial charge in [-0.15, -0.1) is 0 Å². The number of nitrogens with one attached hydrogen (secondary N) is 2. The molecule has 0 aliphatic rings. The molecule has 5 nitrogen and oxygen atoms in total. The number of aliphatic hydroxyl groups is 1. The number of aliphatic hydroxyl groups excluding tert-OH is 1. The fourth-order valence-corrected chi connectivity index (χ4v) is 2.50. The molecular formula is C19H22N2O3. The smallest absolute Gasteiger partial charge is 0.319 e. The Hall–Kier alpha value is -2.66. The molecule has 0 fully saturated rings. The summed E-state index contributed by atoms with van der Waals surface area (Å²) in [4.78, 5) is 23.4. The molecule has 0 heterocycles. The number of rotatable bonds is 5. The van der Waals surface area contributed by atoms with Crippen LogP contribution in [0.2, 0.25) is 0 Å². The number of carbonyl (C=O) groups excluding carboxylic acids is 2. The summed E-state index contributed by atoms with van der Waals surface area (Å²) in [5, 5.41) is 15.5. The van der Waals surface area contributed by atoms with E-state index < -0.39 is 12.1 Å². The molecule has 2 aromatic rings. The standard InChI is InChI=1S/C19H22N2O3/c1-12-5-4-6-15(9-12)18(23)11-20-19(24)21-16-7-8-17(14(3)22)13(2)10-16/h4-10,18,23H,11H2,1-3H3,(H2,20,21,24). The molecule has 0 aromatic heterocycles. The number of carbonyl (C=O) groups is 2. The van der Waals surface area contributed by atoms with E-state index in [1.807, 2.05) is 38.1 Å². The van der Waals surface area contributed by atoms with Crippen LogP contribution in [0.4, 0.5) is 10.5 Å². The highest BCUT2D eigenvalue weighted by Gasteiger charge is 2.10. The van der Waals surface area contributed by atoms with Crippen molar-refractivity contribution in [2.24, 2.45) is 0 Å². The average Bonchev–Trinajstić information content (AvgIpc) is 2.52. The molecule has 2 aromatic carbocycles. The summed E-state index contributed by atoms with van der Waals surface area (Å²) < 4.78 is 0. The number of hydrogen-bond acceptors (Lipinski definition) is 3. The van der Waals surface area contributed by atoms with Crippen LogP contribution < -0.4 is 10.6 Å². The zero-order valence-electron chi connectivity index (χ0n) is 14.1. The van der Waals surface area contributed by atoms with E-state index >= 15 is 0 Å². The lowest BCUT2D eigenvalue weighted by molar-refractivity contribution is 0.101. The average molecular weight is 326 g/mol. The Morgan fingerprint density at radius 3 is 2.50 bits per heavy atom. The molecule has 0 saturated carbocycles. The zero-order chi connectivity index (χ0) is 17.7. The van der Waals surface area contributed by atoms with Crippen LogP contribution in [0.1, 0.15) is 40.1 Å². The van der Waals surface area contributed by atoms with Crippen LogP contribution in [0.3, 0.4) is 0 Å². The first-order chi connectivity index (χ1) is 11.4. The summed E-state index contributed by atoms with van der Waals surface area (Å²) in [6, 6.07) is 12.2. The van der Waals surface area contributed by atoms with Crippen LogP contribution in [0.25, 0.3) is 0 Å². The van der Waals surface area contributed by atoms with Crippen molar-refractivity contribution in [1.82, 2.24) is 5.32 Å². The number of Topliss-reactive ketones (excluding diaryl/α,β-unsaturated/α-hetero) is 1. The van der Waals surface area contributed by atoms with E-state index in [1.54, 1.807) is 18.2 Å². The van der Waals surface area contributed by atoms with Gasteiger partial charge in [0.2, 0.25) is 0 Å². The normalized spacial score (nSPS) is 11.7. The summed E-state index contributed by atoms with van der Waals surface area (Å²) in [7, 11) is 0. The summed E-state index contributed by atoms with van der Waals surface area (Å²) >= 11 is 0. The van der Waals surface area contributed by atoms with Gasteiger partial charge in [-0.1, -0.05) is 29.8 Å². The highest BCUT2D eigenvalue weighted by Crippen LogP contribution is 2.16. The predicted molar refractivity (Wildman–Crippen MR) is 94.3 cm³/mol. The third kappa shape index (κ3) is 4.67. The minimum atomic E-state index is -0.766. The molecule has 0 spiro atoms. The topological polar surface area (TPSA) is 78.4 Å². The Labute approximate surface area is 141 Å². The predicted octanol–water partition coefficient (Wildman–Crippen LogP) is 3.36. The first kappa shape index (κ1) is 17.7. The van der Waals surface area contributed by atoms with Crippen molar-refractivity contribution in [2.45, 2.75) is 26.9 Å². The SMILES string of the molecule is CC(=O)c1ccc(NC(=O)NCC(O)c2cccc(C)c2)cc1C. The molecule has 0 aliphatic carbocycles. The fraction of sp³-hybridized carbons (Fsp3) is 0.263. The van der Waals surface area contributed by atoms with Crippen LogP contribution >= 0.6 is 0 Å². The van der Waals surface area contributed by atoms with Crippen molar-refractivity contribution in [3.63, 3.8) is 0 Å². The maximum Gasteiger partial charge on any atom is 0.319 e. The number of benzene rings is 2. The molecule has 0 radical (unpaired) electrons. The van der Waals surface area contributed by atoms with Crippen LogP contribution in [0.15, 0.2) is 42.5 Å². The number of aryl methyl sites for hydroxylation is 2. The fourth-order valence-electron chi connectivity index (χ4n) is 2.50. The van der Waals surface area contributed by atoms with E-state index in [1.165, 1.54) is 6.92 Å². The molecule has 126 valence electrons. The van der Waals surface area contributed by atoms with E-state index in [-0.39, 0.29) is 12.3 Å². The number of amides is 2. The van der Waals surface area contributed by atoms with E-state index in [9.17, 15) is 14.7 Å². The number of hydrogen-bond donors (Lipinski definition) is 3. The molecule has 0 bridgehead atoms. The third-order valence-electron chi connectivity index (χ3n) is 3.75. The summed E-state index contributed by atoms with van der Waals surface area (Å²) in [6.07, 6.45) is -0.766. The van der Waals surface area contributed by atoms with E-state index in [4.69, 9.17) is 0 Å². The lowest BCUT2D eigenvalue weighted by atomic mass is 10.1. The lowest BCUT2D eigenvalue weighted by Gasteiger charge is -2.14. The van der Waals surface area contributed by atoms with Gasteiger partial charge in [-0.2, -0.15) is 0 Å². The summed E-state index contributed by atoms with van der Waals surface area (Å²) in [5.74, 6) is -0.00946. The zero-order valence-corrected chi connectivity index (χ0v) is 14.1. The molecule has 0 aliphatic heterocycles. The molecule has 2 rings (SSSR count). The van der Waals surface area contributed by atoms with Gasteiger partial charge < -0.3 is 15.7 Å². The van der Waals surface area contributed by atoms with Gasteiger partial charge in [0.25, 0.3) is 0 Å². The Bertz CT molecular complexity index is 756. The molecule has 3 N–H and O–H groups in total. The highest BCUT2D eigenvalue weighted by atomic mass is 16.3.